The molecule has 4 rings (SSSR count). The van der Waals surface area contributed by atoms with Crippen LogP contribution < -0.4 is 21.3 Å². The van der Waals surface area contributed by atoms with E-state index in [4.69, 9.17) is 4.74 Å². The van der Waals surface area contributed by atoms with Gasteiger partial charge in [0.2, 0.25) is 5.91 Å². The third-order valence-corrected chi connectivity index (χ3v) is 7.06. The number of benzene rings is 1. The minimum absolute atomic E-state index is 0.128. The van der Waals surface area contributed by atoms with Crippen molar-refractivity contribution >= 4 is 27.5 Å². The minimum atomic E-state index is -1.03. The molecule has 0 saturated heterocycles. The van der Waals surface area contributed by atoms with Crippen molar-refractivity contribution in [2.45, 2.75) is 39.8 Å². The minimum Gasteiger partial charge on any atom is -0.496 e. The van der Waals surface area contributed by atoms with Crippen molar-refractivity contribution in [3.63, 3.8) is 0 Å². The summed E-state index contributed by atoms with van der Waals surface area (Å²) in [6.07, 6.45) is 3.29. The van der Waals surface area contributed by atoms with Crippen LogP contribution in [-0.2, 0) is 17.8 Å². The van der Waals surface area contributed by atoms with Gasteiger partial charge in [0.25, 0.3) is 5.56 Å². The fourth-order valence-electron chi connectivity index (χ4n) is 4.02. The van der Waals surface area contributed by atoms with E-state index >= 15 is 0 Å². The number of methoxy groups -OCH3 is 1. The number of rotatable bonds is 8. The van der Waals surface area contributed by atoms with E-state index in [2.05, 4.69) is 15.5 Å². The van der Waals surface area contributed by atoms with E-state index in [0.717, 1.165) is 4.57 Å². The topological polar surface area (TPSA) is 113 Å². The number of amides is 1. The van der Waals surface area contributed by atoms with E-state index in [0.29, 0.717) is 38.6 Å². The molecule has 10 nitrogen and oxygen atoms in total. The van der Waals surface area contributed by atoms with Crippen LogP contribution in [0.2, 0.25) is 0 Å². The van der Waals surface area contributed by atoms with Gasteiger partial charge in [0.05, 0.1) is 24.9 Å². The molecule has 0 aliphatic carbocycles. The number of nitrogens with zero attached hydrogens (tertiary/aromatic N) is 5. The SMILES string of the molecule is CCNC(=O)[C@@H](C)n1c(=O)c2c(C)c(-n3nccn3)sc2n(CCc2cc(F)ccc2OC)c1=O. The molecule has 0 aliphatic rings. The van der Waals surface area contributed by atoms with Gasteiger partial charge < -0.3 is 10.1 Å². The number of halogens is 1. The van der Waals surface area contributed by atoms with Crippen LogP contribution in [0.25, 0.3) is 15.2 Å². The molecule has 4 aromatic rings. The number of nitrogens with one attached hydrogen (secondary N) is 1. The van der Waals surface area contributed by atoms with Gasteiger partial charge in [0.1, 0.15) is 27.4 Å². The number of carbonyl (C=O) groups excluding carboxylic acids is 1. The largest absolute Gasteiger partial charge is 0.496 e. The fraction of sp³-hybridized carbons (Fsp3) is 0.348. The molecule has 184 valence electrons. The third-order valence-electron chi connectivity index (χ3n) is 5.78. The van der Waals surface area contributed by atoms with Crippen LogP contribution in [-0.4, -0.2) is 43.7 Å². The van der Waals surface area contributed by atoms with Crippen LogP contribution in [0.15, 0.2) is 40.2 Å². The maximum atomic E-state index is 13.9. The highest BCUT2D eigenvalue weighted by Crippen LogP contribution is 2.31. The Balaban J connectivity index is 1.93. The normalized spacial score (nSPS) is 12.1. The van der Waals surface area contributed by atoms with E-state index < -0.39 is 29.0 Å². The van der Waals surface area contributed by atoms with Crippen LogP contribution in [0.3, 0.4) is 0 Å². The second-order valence-electron chi connectivity index (χ2n) is 7.92. The lowest BCUT2D eigenvalue weighted by Crippen LogP contribution is -2.46. The number of carbonyl (C=O) groups is 1. The molecule has 0 bridgehead atoms. The molecule has 1 atom stereocenters. The van der Waals surface area contributed by atoms with Gasteiger partial charge in [-0.15, -0.1) is 4.80 Å². The van der Waals surface area contributed by atoms with E-state index in [1.165, 1.54) is 65.3 Å². The number of ether oxygens (including phenoxy) is 1. The first kappa shape index (κ1) is 24.3. The molecule has 1 amide bonds. The predicted octanol–water partition coefficient (Wildman–Crippen LogP) is 2.20. The molecule has 0 saturated carbocycles. The molecular weight excluding hydrogens is 475 g/mol. The van der Waals surface area contributed by atoms with E-state index in [9.17, 15) is 18.8 Å². The Kier molecular flexibility index (Phi) is 6.83. The van der Waals surface area contributed by atoms with Crippen molar-refractivity contribution in [2.24, 2.45) is 0 Å². The van der Waals surface area contributed by atoms with Gasteiger partial charge in [-0.25, -0.2) is 13.8 Å². The monoisotopic (exact) mass is 500 g/mol. The summed E-state index contributed by atoms with van der Waals surface area (Å²) >= 11 is 1.21. The number of likely N-dealkylation sites (N-methyl/N-ethyl adjacent to an activating group) is 1. The second-order valence-corrected chi connectivity index (χ2v) is 8.89. The summed E-state index contributed by atoms with van der Waals surface area (Å²) in [5.41, 5.74) is -0.0159. The number of fused-ring (bicyclic) bond motifs is 1. The van der Waals surface area contributed by atoms with Crippen LogP contribution in [0, 0.1) is 12.7 Å². The highest BCUT2D eigenvalue weighted by atomic mass is 32.1. The Morgan fingerprint density at radius 2 is 1.97 bits per heavy atom. The summed E-state index contributed by atoms with van der Waals surface area (Å²) in [6.45, 7) is 5.51. The molecule has 12 heteroatoms. The number of hydrogen-bond acceptors (Lipinski definition) is 7. The van der Waals surface area contributed by atoms with Crippen molar-refractivity contribution in [3.05, 3.63) is 68.4 Å². The maximum absolute atomic E-state index is 13.9. The van der Waals surface area contributed by atoms with Crippen LogP contribution in [0.1, 0.15) is 31.0 Å². The average Bonchev–Trinajstić information content (AvgIpc) is 3.47. The fourth-order valence-corrected chi connectivity index (χ4v) is 5.25. The third kappa shape index (κ3) is 4.36. The van der Waals surface area contributed by atoms with Crippen molar-refractivity contribution in [1.29, 1.82) is 0 Å². The maximum Gasteiger partial charge on any atom is 0.332 e. The molecule has 0 spiro atoms. The lowest BCUT2D eigenvalue weighted by atomic mass is 10.1. The van der Waals surface area contributed by atoms with Crippen LogP contribution >= 0.6 is 11.3 Å². The lowest BCUT2D eigenvalue weighted by Gasteiger charge is -2.17. The van der Waals surface area contributed by atoms with Gasteiger partial charge in [-0.1, -0.05) is 11.3 Å². The zero-order valence-electron chi connectivity index (χ0n) is 19.7. The first-order valence-electron chi connectivity index (χ1n) is 11.0. The molecule has 3 aromatic heterocycles. The van der Waals surface area contributed by atoms with Gasteiger partial charge >= 0.3 is 5.69 Å². The Bertz CT molecular complexity index is 1510. The Morgan fingerprint density at radius 3 is 2.63 bits per heavy atom. The molecular formula is C23H25FN6O4S. The summed E-state index contributed by atoms with van der Waals surface area (Å²) in [6, 6.07) is 3.15. The number of aromatic nitrogens is 5. The molecule has 0 radical (unpaired) electrons. The standard InChI is InChI=1S/C23H25FN6O4S/c1-5-25-19(31)14(3)29-20(32)18-13(2)21(30-26-9-10-27-30)35-22(18)28(23(29)33)11-8-15-12-16(24)6-7-17(15)34-4/h6-7,9-10,12,14H,5,8,11H2,1-4H3,(H,25,31)/t14-/m1/s1. The number of thiophene rings is 1. The first-order chi connectivity index (χ1) is 16.8. The molecule has 0 fully saturated rings. The zero-order valence-corrected chi connectivity index (χ0v) is 20.6. The predicted molar refractivity (Wildman–Crippen MR) is 130 cm³/mol. The Morgan fingerprint density at radius 1 is 1.26 bits per heavy atom. The number of aryl methyl sites for hydroxylation is 3. The van der Waals surface area contributed by atoms with E-state index in [-0.39, 0.29) is 13.0 Å². The molecule has 3 heterocycles. The van der Waals surface area contributed by atoms with Crippen molar-refractivity contribution in [1.82, 2.24) is 29.4 Å². The van der Waals surface area contributed by atoms with Crippen molar-refractivity contribution < 1.29 is 13.9 Å². The average molecular weight is 501 g/mol. The smallest absolute Gasteiger partial charge is 0.332 e. The Labute approximate surface area is 203 Å². The zero-order chi connectivity index (χ0) is 25.3. The molecule has 0 aliphatic heterocycles. The van der Waals surface area contributed by atoms with Gasteiger partial charge in [0, 0.05) is 18.7 Å². The highest BCUT2D eigenvalue weighted by Gasteiger charge is 2.26. The van der Waals surface area contributed by atoms with Crippen LogP contribution in [0.4, 0.5) is 4.39 Å². The molecule has 1 N–H and O–H groups in total. The van der Waals surface area contributed by atoms with Gasteiger partial charge in [-0.3, -0.25) is 14.2 Å². The first-order valence-corrected chi connectivity index (χ1v) is 11.8. The second kappa shape index (κ2) is 9.82. The van der Waals surface area contributed by atoms with E-state index in [1.54, 1.807) is 13.8 Å². The highest BCUT2D eigenvalue weighted by molar-refractivity contribution is 7.21. The Hall–Kier alpha value is -3.80. The van der Waals surface area contributed by atoms with Gasteiger partial charge in [0.15, 0.2) is 0 Å². The van der Waals surface area contributed by atoms with E-state index in [1.807, 2.05) is 0 Å². The van der Waals surface area contributed by atoms with Crippen LogP contribution in [0.5, 0.6) is 5.75 Å². The quantitative estimate of drug-likeness (QED) is 0.397. The van der Waals surface area contributed by atoms with Gasteiger partial charge in [-0.2, -0.15) is 10.2 Å². The summed E-state index contributed by atoms with van der Waals surface area (Å²) < 4.78 is 21.7. The summed E-state index contributed by atoms with van der Waals surface area (Å²) in [5.74, 6) is -0.373. The van der Waals surface area contributed by atoms with Crippen molar-refractivity contribution in [3.8, 4) is 10.8 Å². The molecule has 35 heavy (non-hydrogen) atoms. The molecule has 1 aromatic carbocycles. The summed E-state index contributed by atoms with van der Waals surface area (Å²) in [4.78, 5) is 41.5. The lowest BCUT2D eigenvalue weighted by molar-refractivity contribution is -0.123. The number of hydrogen-bond donors (Lipinski definition) is 1. The summed E-state index contributed by atoms with van der Waals surface area (Å²) in [7, 11) is 1.49. The molecule has 0 unspecified atom stereocenters. The van der Waals surface area contributed by atoms with Crippen molar-refractivity contribution in [2.75, 3.05) is 13.7 Å². The summed E-state index contributed by atoms with van der Waals surface area (Å²) in [5, 5.41) is 11.9. The van der Waals surface area contributed by atoms with Gasteiger partial charge in [-0.05, 0) is 51.0 Å².